The molecule has 112 valence electrons. The molecule has 3 fully saturated rings. The van der Waals surface area contributed by atoms with Crippen LogP contribution in [0.15, 0.2) is 0 Å². The molecule has 1 aliphatic carbocycles. The first-order valence-electron chi connectivity index (χ1n) is 7.72. The molecule has 3 rings (SSSR count). The van der Waals surface area contributed by atoms with Gasteiger partial charge in [-0.25, -0.2) is 0 Å². The highest BCUT2D eigenvalue weighted by molar-refractivity contribution is 6.00. The average molecular weight is 280 g/mol. The lowest BCUT2D eigenvalue weighted by molar-refractivity contribution is -0.167. The monoisotopic (exact) mass is 280 g/mol. The predicted octanol–water partition coefficient (Wildman–Crippen LogP) is 1.22. The van der Waals surface area contributed by atoms with E-state index in [1.54, 1.807) is 0 Å². The van der Waals surface area contributed by atoms with Crippen LogP contribution in [0.1, 0.15) is 52.4 Å². The minimum atomic E-state index is -0.635. The van der Waals surface area contributed by atoms with E-state index in [1.807, 2.05) is 11.8 Å². The van der Waals surface area contributed by atoms with Crippen molar-refractivity contribution in [1.29, 1.82) is 0 Å². The number of carbonyl (C=O) groups excluding carboxylic acids is 2. The fourth-order valence-corrected chi connectivity index (χ4v) is 4.06. The number of nitrogens with zero attached hydrogens (tertiary/aromatic N) is 1. The molecule has 0 aromatic rings. The molecular weight excluding hydrogens is 256 g/mol. The summed E-state index contributed by atoms with van der Waals surface area (Å²) in [5.74, 6) is 0.0911. The van der Waals surface area contributed by atoms with Crippen LogP contribution in [-0.2, 0) is 14.3 Å². The first-order valence-corrected chi connectivity index (χ1v) is 7.72. The largest absolute Gasteiger partial charge is 0.379 e. The number of rotatable bonds is 1. The van der Waals surface area contributed by atoms with E-state index in [4.69, 9.17) is 4.74 Å². The number of ether oxygens (including phenoxy) is 1. The molecular formula is C15H24N2O3. The third kappa shape index (κ3) is 1.94. The lowest BCUT2D eigenvalue weighted by Crippen LogP contribution is -2.74. The van der Waals surface area contributed by atoms with E-state index in [1.165, 1.54) is 0 Å². The molecule has 2 aliphatic heterocycles. The van der Waals surface area contributed by atoms with Gasteiger partial charge >= 0.3 is 0 Å². The van der Waals surface area contributed by atoms with Gasteiger partial charge in [0.1, 0.15) is 11.6 Å². The normalized spacial score (nSPS) is 37.3. The Balaban J connectivity index is 1.94. The van der Waals surface area contributed by atoms with Gasteiger partial charge in [-0.1, -0.05) is 12.8 Å². The van der Waals surface area contributed by atoms with Crippen LogP contribution in [0, 0.1) is 0 Å². The molecule has 0 aromatic carbocycles. The zero-order valence-electron chi connectivity index (χ0n) is 12.4. The van der Waals surface area contributed by atoms with Crippen LogP contribution >= 0.6 is 0 Å². The molecule has 2 heterocycles. The van der Waals surface area contributed by atoms with Crippen LogP contribution in [0.3, 0.4) is 0 Å². The lowest BCUT2D eigenvalue weighted by Gasteiger charge is -2.52. The molecule has 0 aromatic heterocycles. The number of piperazine rings is 1. The highest BCUT2D eigenvalue weighted by Crippen LogP contribution is 2.39. The molecule has 0 bridgehead atoms. The number of amides is 2. The van der Waals surface area contributed by atoms with Crippen molar-refractivity contribution in [2.75, 3.05) is 13.2 Å². The van der Waals surface area contributed by atoms with Crippen molar-refractivity contribution in [1.82, 2.24) is 10.2 Å². The van der Waals surface area contributed by atoms with Gasteiger partial charge in [0, 0.05) is 6.61 Å². The number of nitrogens with one attached hydrogen (secondary N) is 1. The second kappa shape index (κ2) is 4.72. The Kier molecular flexibility index (Phi) is 3.27. The molecule has 2 amide bonds. The Morgan fingerprint density at radius 3 is 2.50 bits per heavy atom. The van der Waals surface area contributed by atoms with Gasteiger partial charge in [-0.15, -0.1) is 0 Å². The van der Waals surface area contributed by atoms with Gasteiger partial charge in [0.05, 0.1) is 12.1 Å². The van der Waals surface area contributed by atoms with E-state index in [-0.39, 0.29) is 17.4 Å². The zero-order valence-corrected chi connectivity index (χ0v) is 12.4. The van der Waals surface area contributed by atoms with Gasteiger partial charge in [0.25, 0.3) is 0 Å². The van der Waals surface area contributed by atoms with Crippen LogP contribution in [0.25, 0.3) is 0 Å². The quantitative estimate of drug-likeness (QED) is 0.785. The van der Waals surface area contributed by atoms with E-state index in [0.717, 1.165) is 45.1 Å². The Morgan fingerprint density at radius 2 is 1.90 bits per heavy atom. The number of hydrogen-bond acceptors (Lipinski definition) is 3. The maximum atomic E-state index is 13.1. The van der Waals surface area contributed by atoms with Crippen molar-refractivity contribution in [2.45, 2.75) is 69.5 Å². The van der Waals surface area contributed by atoms with Crippen LogP contribution < -0.4 is 5.32 Å². The van der Waals surface area contributed by atoms with Gasteiger partial charge in [-0.05, 0) is 39.5 Å². The minimum Gasteiger partial charge on any atom is -0.379 e. The maximum Gasteiger partial charge on any atom is 0.249 e. The SMILES string of the molecule is CC1C(=O)NC2(CCCC2)C(=O)N1C1(C)CCCOC1. The molecule has 3 aliphatic rings. The summed E-state index contributed by atoms with van der Waals surface area (Å²) in [6.45, 7) is 5.17. The zero-order chi connectivity index (χ0) is 14.4. The molecule has 1 saturated carbocycles. The van der Waals surface area contributed by atoms with E-state index >= 15 is 0 Å². The van der Waals surface area contributed by atoms with Crippen LogP contribution in [0.5, 0.6) is 0 Å². The van der Waals surface area contributed by atoms with Crippen molar-refractivity contribution >= 4 is 11.8 Å². The molecule has 5 nitrogen and oxygen atoms in total. The lowest BCUT2D eigenvalue weighted by atomic mass is 9.84. The molecule has 5 heteroatoms. The summed E-state index contributed by atoms with van der Waals surface area (Å²) in [6, 6.07) is -0.402. The van der Waals surface area contributed by atoms with Gasteiger partial charge < -0.3 is 15.0 Å². The van der Waals surface area contributed by atoms with Crippen molar-refractivity contribution < 1.29 is 14.3 Å². The second-order valence-electron chi connectivity index (χ2n) is 6.78. The van der Waals surface area contributed by atoms with E-state index in [9.17, 15) is 9.59 Å². The fourth-order valence-electron chi connectivity index (χ4n) is 4.06. The van der Waals surface area contributed by atoms with Gasteiger partial charge in [-0.3, -0.25) is 9.59 Å². The summed E-state index contributed by atoms with van der Waals surface area (Å²) in [7, 11) is 0. The first kappa shape index (κ1) is 13.9. The van der Waals surface area contributed by atoms with Crippen LogP contribution in [-0.4, -0.2) is 47.0 Å². The number of hydrogen-bond donors (Lipinski definition) is 1. The minimum absolute atomic E-state index is 0.0155. The standard InChI is InChI=1S/C15H24N2O3/c1-11-12(18)16-15(7-3-4-8-15)13(19)17(11)14(2)6-5-9-20-10-14/h11H,3-10H2,1-2H3,(H,16,18). The second-order valence-corrected chi connectivity index (χ2v) is 6.78. The molecule has 2 atom stereocenters. The topological polar surface area (TPSA) is 58.6 Å². The van der Waals surface area contributed by atoms with Gasteiger partial charge in [0.15, 0.2) is 0 Å². The molecule has 0 radical (unpaired) electrons. The van der Waals surface area contributed by atoms with Crippen LogP contribution in [0.2, 0.25) is 0 Å². The molecule has 1 spiro atoms. The molecule has 2 unspecified atom stereocenters. The summed E-state index contributed by atoms with van der Waals surface area (Å²) in [5, 5.41) is 3.01. The average Bonchev–Trinajstić information content (AvgIpc) is 2.87. The van der Waals surface area contributed by atoms with Crippen molar-refractivity contribution in [3.63, 3.8) is 0 Å². The Labute approximate surface area is 120 Å². The summed E-state index contributed by atoms with van der Waals surface area (Å²) in [5.41, 5.74) is -0.980. The van der Waals surface area contributed by atoms with Gasteiger partial charge in [0.2, 0.25) is 11.8 Å². The smallest absolute Gasteiger partial charge is 0.249 e. The Morgan fingerprint density at radius 1 is 1.20 bits per heavy atom. The summed E-state index contributed by atoms with van der Waals surface area (Å²) < 4.78 is 5.60. The summed E-state index contributed by atoms with van der Waals surface area (Å²) in [6.07, 6.45) is 5.44. The highest BCUT2D eigenvalue weighted by Gasteiger charge is 2.55. The van der Waals surface area contributed by atoms with E-state index in [2.05, 4.69) is 12.2 Å². The number of carbonyl (C=O) groups is 2. The Bertz CT molecular complexity index is 423. The molecule has 1 N–H and O–H groups in total. The fraction of sp³-hybridized carbons (Fsp3) is 0.867. The van der Waals surface area contributed by atoms with E-state index in [0.29, 0.717) is 6.61 Å². The first-order chi connectivity index (χ1) is 9.49. The third-order valence-electron chi connectivity index (χ3n) is 5.21. The van der Waals surface area contributed by atoms with Crippen molar-refractivity contribution in [2.24, 2.45) is 0 Å². The highest BCUT2D eigenvalue weighted by atomic mass is 16.5. The molecule has 20 heavy (non-hydrogen) atoms. The summed E-state index contributed by atoms with van der Waals surface area (Å²) >= 11 is 0. The van der Waals surface area contributed by atoms with E-state index < -0.39 is 11.6 Å². The van der Waals surface area contributed by atoms with Crippen molar-refractivity contribution in [3.8, 4) is 0 Å². The Hall–Kier alpha value is -1.10. The third-order valence-corrected chi connectivity index (χ3v) is 5.21. The predicted molar refractivity (Wildman–Crippen MR) is 74.1 cm³/mol. The summed E-state index contributed by atoms with van der Waals surface area (Å²) in [4.78, 5) is 27.2. The molecule has 2 saturated heterocycles. The van der Waals surface area contributed by atoms with Crippen LogP contribution in [0.4, 0.5) is 0 Å². The maximum absolute atomic E-state index is 13.1. The van der Waals surface area contributed by atoms with Crippen molar-refractivity contribution in [3.05, 3.63) is 0 Å². The van der Waals surface area contributed by atoms with Gasteiger partial charge in [-0.2, -0.15) is 0 Å².